The summed E-state index contributed by atoms with van der Waals surface area (Å²) >= 11 is 0. The van der Waals surface area contributed by atoms with Gasteiger partial charge in [-0.3, -0.25) is 0 Å². The summed E-state index contributed by atoms with van der Waals surface area (Å²) in [6.45, 7) is 7.22. The lowest BCUT2D eigenvalue weighted by Gasteiger charge is -2.35. The number of benzene rings is 1. The monoisotopic (exact) mass is 408 g/mol. The molecule has 0 spiro atoms. The molecule has 1 aliphatic rings. The number of hydrogen-bond acceptors (Lipinski definition) is 6. The number of hydrogen-bond donors (Lipinski definition) is 2. The Hall–Kier alpha value is -2.07. The average Bonchev–Trinajstić information content (AvgIpc) is 2.62. The predicted molar refractivity (Wildman–Crippen MR) is 115 cm³/mol. The summed E-state index contributed by atoms with van der Waals surface area (Å²) in [5.74, 6) is 1.55. The average molecular weight is 409 g/mol. The molecule has 8 heteroatoms. The van der Waals surface area contributed by atoms with E-state index in [0.717, 1.165) is 49.7 Å². The van der Waals surface area contributed by atoms with Crippen LogP contribution in [0.4, 0.5) is 17.5 Å². The fraction of sp³-hybridized carbons (Fsp3) is 0.421. The smallest absolute Gasteiger partial charge is 0.229 e. The highest BCUT2D eigenvalue weighted by molar-refractivity contribution is 5.85. The Morgan fingerprint density at radius 1 is 1.30 bits per heavy atom. The van der Waals surface area contributed by atoms with Crippen molar-refractivity contribution >= 4 is 42.3 Å². The molecule has 146 valence electrons. The quantitative estimate of drug-likeness (QED) is 0.785. The summed E-state index contributed by atoms with van der Waals surface area (Å²) in [6, 6.07) is 12.0. The van der Waals surface area contributed by atoms with Gasteiger partial charge >= 0.3 is 0 Å². The molecule has 6 nitrogen and oxygen atoms in total. The molecule has 0 saturated carbocycles. The number of nitriles is 1. The molecule has 0 aliphatic carbocycles. The van der Waals surface area contributed by atoms with Crippen LogP contribution in [0.5, 0.6) is 0 Å². The van der Waals surface area contributed by atoms with Crippen molar-refractivity contribution in [3.8, 4) is 6.07 Å². The van der Waals surface area contributed by atoms with Gasteiger partial charge in [0.1, 0.15) is 5.82 Å². The third-order valence-electron chi connectivity index (χ3n) is 4.32. The molecule has 1 fully saturated rings. The second kappa shape index (κ2) is 10.9. The summed E-state index contributed by atoms with van der Waals surface area (Å²) in [5.41, 5.74) is 2.48. The lowest BCUT2D eigenvalue weighted by molar-refractivity contribution is 0.497. The molecule has 1 aromatic carbocycles. The van der Waals surface area contributed by atoms with Crippen LogP contribution in [0.2, 0.25) is 0 Å². The van der Waals surface area contributed by atoms with E-state index in [1.54, 1.807) is 6.07 Å². The minimum atomic E-state index is 0. The molecule has 2 heterocycles. The van der Waals surface area contributed by atoms with Gasteiger partial charge < -0.3 is 15.5 Å². The van der Waals surface area contributed by atoms with Crippen LogP contribution < -0.4 is 15.5 Å². The molecule has 1 atom stereocenters. The second-order valence-corrected chi connectivity index (χ2v) is 6.36. The van der Waals surface area contributed by atoms with Crippen LogP contribution in [0.25, 0.3) is 0 Å². The zero-order valence-corrected chi connectivity index (χ0v) is 17.2. The van der Waals surface area contributed by atoms with E-state index in [-0.39, 0.29) is 24.8 Å². The molecule has 27 heavy (non-hydrogen) atoms. The summed E-state index contributed by atoms with van der Waals surface area (Å²) < 4.78 is 0. The lowest BCUT2D eigenvalue weighted by atomic mass is 10.2. The van der Waals surface area contributed by atoms with Crippen molar-refractivity contribution in [3.05, 3.63) is 41.6 Å². The first-order valence-corrected chi connectivity index (χ1v) is 8.82. The molecule has 0 radical (unpaired) electrons. The third kappa shape index (κ3) is 5.96. The summed E-state index contributed by atoms with van der Waals surface area (Å²) in [6.07, 6.45) is 1.96. The Bertz CT molecular complexity index is 777. The number of rotatable bonds is 5. The highest BCUT2D eigenvalue weighted by Crippen LogP contribution is 2.22. The number of nitrogens with zero attached hydrogens (tertiary/aromatic N) is 4. The maximum absolute atomic E-state index is 9.06. The van der Waals surface area contributed by atoms with Crippen molar-refractivity contribution in [1.82, 2.24) is 15.3 Å². The Morgan fingerprint density at radius 2 is 2.11 bits per heavy atom. The molecule has 2 N–H and O–H groups in total. The molecule has 0 bridgehead atoms. The molecule has 3 rings (SSSR count). The van der Waals surface area contributed by atoms with Crippen LogP contribution in [-0.2, 0) is 6.42 Å². The minimum Gasteiger partial charge on any atom is -0.351 e. The molecule has 0 unspecified atom stereocenters. The van der Waals surface area contributed by atoms with Crippen LogP contribution in [0.3, 0.4) is 0 Å². The van der Waals surface area contributed by atoms with Crippen molar-refractivity contribution in [3.63, 3.8) is 0 Å². The number of piperazine rings is 1. The zero-order chi connectivity index (χ0) is 17.6. The van der Waals surface area contributed by atoms with Gasteiger partial charge in [-0.05, 0) is 31.5 Å². The van der Waals surface area contributed by atoms with Crippen LogP contribution in [0, 0.1) is 11.3 Å². The fourth-order valence-electron chi connectivity index (χ4n) is 3.05. The standard InChI is InChI=1S/C19H24N6.2ClH/c1-3-5-16-11-18(25-9-8-21-13-14(25)2)24-19(22-16)23-17-7-4-6-15(10-17)12-20;;/h4,6-7,10-11,14,21H,3,5,8-9,13H2,1-2H3,(H,22,23,24);2*1H/t14-;;/m1../s1. The largest absolute Gasteiger partial charge is 0.351 e. The second-order valence-electron chi connectivity index (χ2n) is 6.36. The van der Waals surface area contributed by atoms with Gasteiger partial charge in [0.05, 0.1) is 11.6 Å². The predicted octanol–water partition coefficient (Wildman–Crippen LogP) is 3.69. The zero-order valence-electron chi connectivity index (χ0n) is 15.6. The van der Waals surface area contributed by atoms with Gasteiger partial charge in [0.15, 0.2) is 0 Å². The highest BCUT2D eigenvalue weighted by Gasteiger charge is 2.20. The first kappa shape index (κ1) is 23.0. The van der Waals surface area contributed by atoms with E-state index >= 15 is 0 Å². The Labute approximate surface area is 173 Å². The summed E-state index contributed by atoms with van der Waals surface area (Å²) in [4.78, 5) is 11.7. The van der Waals surface area contributed by atoms with Gasteiger partial charge in [-0.1, -0.05) is 19.4 Å². The maximum atomic E-state index is 9.06. The van der Waals surface area contributed by atoms with Gasteiger partial charge in [-0.25, -0.2) is 4.98 Å². The normalized spacial score (nSPS) is 15.9. The number of aryl methyl sites for hydroxylation is 1. The minimum absolute atomic E-state index is 0. The molecule has 1 aliphatic heterocycles. The first-order chi connectivity index (χ1) is 12.2. The van der Waals surface area contributed by atoms with Crippen molar-refractivity contribution in [2.24, 2.45) is 0 Å². The number of halogens is 2. The summed E-state index contributed by atoms with van der Waals surface area (Å²) in [7, 11) is 0. The van der Waals surface area contributed by atoms with E-state index in [1.165, 1.54) is 0 Å². The van der Waals surface area contributed by atoms with Gasteiger partial charge in [-0.2, -0.15) is 10.2 Å². The Balaban J connectivity index is 0.00000182. The Kier molecular flexibility index (Phi) is 9.30. The van der Waals surface area contributed by atoms with Crippen molar-refractivity contribution in [2.45, 2.75) is 32.7 Å². The Morgan fingerprint density at radius 3 is 2.81 bits per heavy atom. The molecule has 1 saturated heterocycles. The van der Waals surface area contributed by atoms with Crippen molar-refractivity contribution in [2.75, 3.05) is 29.9 Å². The number of anilines is 3. The van der Waals surface area contributed by atoms with E-state index in [1.807, 2.05) is 18.2 Å². The number of aromatic nitrogens is 2. The first-order valence-electron chi connectivity index (χ1n) is 8.82. The van der Waals surface area contributed by atoms with E-state index in [9.17, 15) is 0 Å². The van der Waals surface area contributed by atoms with Crippen molar-refractivity contribution in [1.29, 1.82) is 5.26 Å². The van der Waals surface area contributed by atoms with Gasteiger partial charge in [0.25, 0.3) is 0 Å². The molecule has 1 aromatic heterocycles. The van der Waals surface area contributed by atoms with Crippen LogP contribution in [0.1, 0.15) is 31.5 Å². The molecule has 0 amide bonds. The number of nitrogens with one attached hydrogen (secondary N) is 2. The highest BCUT2D eigenvalue weighted by atomic mass is 35.5. The van der Waals surface area contributed by atoms with E-state index in [4.69, 9.17) is 10.2 Å². The van der Waals surface area contributed by atoms with Gasteiger partial charge in [-0.15, -0.1) is 24.8 Å². The molecular weight excluding hydrogens is 383 g/mol. The fourth-order valence-corrected chi connectivity index (χ4v) is 3.05. The topological polar surface area (TPSA) is 76.9 Å². The van der Waals surface area contributed by atoms with E-state index < -0.39 is 0 Å². The van der Waals surface area contributed by atoms with E-state index in [2.05, 4.69) is 46.5 Å². The summed E-state index contributed by atoms with van der Waals surface area (Å²) in [5, 5.41) is 15.7. The maximum Gasteiger partial charge on any atom is 0.229 e. The van der Waals surface area contributed by atoms with Crippen molar-refractivity contribution < 1.29 is 0 Å². The third-order valence-corrected chi connectivity index (χ3v) is 4.32. The van der Waals surface area contributed by atoms with Crippen LogP contribution >= 0.6 is 24.8 Å². The van der Waals surface area contributed by atoms with Gasteiger partial charge in [0.2, 0.25) is 5.95 Å². The molecule has 2 aromatic rings. The van der Waals surface area contributed by atoms with E-state index in [0.29, 0.717) is 17.6 Å². The lowest BCUT2D eigenvalue weighted by Crippen LogP contribution is -2.50. The molecular formula is C19H26Cl2N6. The van der Waals surface area contributed by atoms with Crippen LogP contribution in [-0.4, -0.2) is 35.6 Å². The van der Waals surface area contributed by atoms with Gasteiger partial charge in [0, 0.05) is 43.1 Å². The van der Waals surface area contributed by atoms with Crippen LogP contribution in [0.15, 0.2) is 30.3 Å². The SMILES string of the molecule is CCCc1cc(N2CCNC[C@H]2C)nc(Nc2cccc(C#N)c2)n1.Cl.Cl.